The number of aromatic nitrogens is 1. The summed E-state index contributed by atoms with van der Waals surface area (Å²) < 4.78 is 0. The molecule has 0 aliphatic carbocycles. The maximum absolute atomic E-state index is 8.53. The predicted molar refractivity (Wildman–Crippen MR) is 52.6 cm³/mol. The Labute approximate surface area is 78.6 Å². The molecule has 1 rings (SSSR count). The van der Waals surface area contributed by atoms with Crippen molar-refractivity contribution < 1.29 is 0 Å². The molecule has 0 amide bonds. The molecule has 0 N–H and O–H groups in total. The van der Waals surface area contributed by atoms with Gasteiger partial charge in [0.25, 0.3) is 0 Å². The van der Waals surface area contributed by atoms with Crippen LogP contribution in [0.25, 0.3) is 0 Å². The van der Waals surface area contributed by atoms with E-state index < -0.39 is 0 Å². The average Bonchev–Trinajstić information content (AvgIpc) is 2.08. The van der Waals surface area contributed by atoms with E-state index >= 15 is 0 Å². The Morgan fingerprint density at radius 3 is 2.69 bits per heavy atom. The molecule has 0 aliphatic heterocycles. The molecule has 1 aromatic heterocycles. The fourth-order valence-corrected chi connectivity index (χ4v) is 1.08. The Morgan fingerprint density at radius 2 is 2.23 bits per heavy atom. The van der Waals surface area contributed by atoms with Gasteiger partial charge < -0.3 is 4.90 Å². The quantitative estimate of drug-likeness (QED) is 0.684. The van der Waals surface area contributed by atoms with Gasteiger partial charge in [-0.1, -0.05) is 0 Å². The van der Waals surface area contributed by atoms with Crippen LogP contribution in [0.3, 0.4) is 0 Å². The number of hydrogen-bond acceptors (Lipinski definition) is 3. The van der Waals surface area contributed by atoms with Crippen LogP contribution in [0.5, 0.6) is 0 Å². The summed E-state index contributed by atoms with van der Waals surface area (Å²) in [6.45, 7) is 2.00. The van der Waals surface area contributed by atoms with E-state index in [1.807, 2.05) is 32.0 Å². The summed E-state index contributed by atoms with van der Waals surface area (Å²) in [4.78, 5) is 6.18. The van der Waals surface area contributed by atoms with Crippen molar-refractivity contribution in [3.05, 3.63) is 23.4 Å². The van der Waals surface area contributed by atoms with Crippen molar-refractivity contribution in [3.63, 3.8) is 0 Å². The van der Waals surface area contributed by atoms with Gasteiger partial charge >= 0.3 is 0 Å². The standard InChI is InChI=1S/C10H13N3/c1-8-6-10(13(2)3)12-7-9(8)4-5-11/h6-7H,4H2,1-3H3. The van der Waals surface area contributed by atoms with Crippen LogP contribution in [0.15, 0.2) is 12.3 Å². The summed E-state index contributed by atoms with van der Waals surface area (Å²) >= 11 is 0. The van der Waals surface area contributed by atoms with Gasteiger partial charge in [-0.05, 0) is 24.1 Å². The van der Waals surface area contributed by atoms with Gasteiger partial charge in [-0.15, -0.1) is 0 Å². The Balaban J connectivity index is 3.00. The number of aryl methyl sites for hydroxylation is 1. The molecule has 3 nitrogen and oxygen atoms in total. The number of nitriles is 1. The number of anilines is 1. The van der Waals surface area contributed by atoms with Crippen LogP contribution in [0.1, 0.15) is 11.1 Å². The zero-order valence-corrected chi connectivity index (χ0v) is 8.20. The minimum atomic E-state index is 0.437. The molecule has 0 saturated heterocycles. The lowest BCUT2D eigenvalue weighted by atomic mass is 10.1. The van der Waals surface area contributed by atoms with Crippen LogP contribution in [0.2, 0.25) is 0 Å². The van der Waals surface area contributed by atoms with Gasteiger partial charge in [0, 0.05) is 20.3 Å². The van der Waals surface area contributed by atoms with E-state index in [-0.39, 0.29) is 0 Å². The van der Waals surface area contributed by atoms with Crippen LogP contribution >= 0.6 is 0 Å². The fraction of sp³-hybridized carbons (Fsp3) is 0.400. The lowest BCUT2D eigenvalue weighted by Crippen LogP contribution is -2.11. The first kappa shape index (κ1) is 9.53. The molecule has 1 heterocycles. The summed E-state index contributed by atoms with van der Waals surface area (Å²) in [6.07, 6.45) is 2.21. The molecule has 0 atom stereocenters. The molecule has 0 fully saturated rings. The van der Waals surface area contributed by atoms with E-state index in [1.54, 1.807) is 6.20 Å². The molecule has 0 aliphatic rings. The van der Waals surface area contributed by atoms with Crippen LogP contribution in [0.4, 0.5) is 5.82 Å². The molecule has 0 unspecified atom stereocenters. The highest BCUT2D eigenvalue weighted by Gasteiger charge is 2.01. The van der Waals surface area contributed by atoms with E-state index in [1.165, 1.54) is 0 Å². The first-order chi connectivity index (χ1) is 6.15. The van der Waals surface area contributed by atoms with Crippen molar-refractivity contribution >= 4 is 5.82 Å². The van der Waals surface area contributed by atoms with Crippen LogP contribution in [-0.2, 0) is 6.42 Å². The molecule has 0 spiro atoms. The third kappa shape index (κ3) is 2.19. The van der Waals surface area contributed by atoms with Crippen LogP contribution < -0.4 is 4.90 Å². The Hall–Kier alpha value is -1.56. The minimum absolute atomic E-state index is 0.437. The number of pyridine rings is 1. The summed E-state index contributed by atoms with van der Waals surface area (Å²) in [5, 5.41) is 8.53. The zero-order chi connectivity index (χ0) is 9.84. The SMILES string of the molecule is Cc1cc(N(C)C)ncc1CC#N. The molecule has 13 heavy (non-hydrogen) atoms. The average molecular weight is 175 g/mol. The first-order valence-corrected chi connectivity index (χ1v) is 4.15. The summed E-state index contributed by atoms with van der Waals surface area (Å²) in [5.41, 5.74) is 2.13. The molecule has 68 valence electrons. The largest absolute Gasteiger partial charge is 0.363 e. The summed E-state index contributed by atoms with van der Waals surface area (Å²) in [7, 11) is 3.90. The van der Waals surface area contributed by atoms with Crippen molar-refractivity contribution in [3.8, 4) is 6.07 Å². The van der Waals surface area contributed by atoms with Gasteiger partial charge in [0.05, 0.1) is 12.5 Å². The summed E-state index contributed by atoms with van der Waals surface area (Å²) in [6, 6.07) is 4.11. The second-order valence-corrected chi connectivity index (χ2v) is 3.20. The molecule has 0 bridgehead atoms. The van der Waals surface area contributed by atoms with Crippen molar-refractivity contribution in [2.24, 2.45) is 0 Å². The second kappa shape index (κ2) is 3.90. The Morgan fingerprint density at radius 1 is 1.54 bits per heavy atom. The van der Waals surface area contributed by atoms with E-state index in [2.05, 4.69) is 11.1 Å². The van der Waals surface area contributed by atoms with E-state index in [4.69, 9.17) is 5.26 Å². The molecule has 1 aromatic rings. The zero-order valence-electron chi connectivity index (χ0n) is 8.20. The lowest BCUT2D eigenvalue weighted by molar-refractivity contribution is 1.04. The molecular weight excluding hydrogens is 162 g/mol. The highest BCUT2D eigenvalue weighted by atomic mass is 15.1. The van der Waals surface area contributed by atoms with Gasteiger partial charge in [0.2, 0.25) is 0 Å². The maximum atomic E-state index is 8.53. The van der Waals surface area contributed by atoms with Gasteiger partial charge in [-0.3, -0.25) is 0 Å². The van der Waals surface area contributed by atoms with Gasteiger partial charge in [-0.2, -0.15) is 5.26 Å². The fourth-order valence-electron chi connectivity index (χ4n) is 1.08. The van der Waals surface area contributed by atoms with E-state index in [0.29, 0.717) is 6.42 Å². The van der Waals surface area contributed by atoms with E-state index in [0.717, 1.165) is 16.9 Å². The van der Waals surface area contributed by atoms with Gasteiger partial charge in [0.15, 0.2) is 0 Å². The summed E-state index contributed by atoms with van der Waals surface area (Å²) in [5.74, 6) is 0.930. The molecule has 0 saturated carbocycles. The number of hydrogen-bond donors (Lipinski definition) is 0. The Kier molecular flexibility index (Phi) is 2.86. The normalized spacial score (nSPS) is 9.38. The molecule has 0 aromatic carbocycles. The molecule has 3 heteroatoms. The number of rotatable bonds is 2. The van der Waals surface area contributed by atoms with Crippen molar-refractivity contribution in [1.82, 2.24) is 4.98 Å². The highest BCUT2D eigenvalue weighted by molar-refractivity contribution is 5.42. The monoisotopic (exact) mass is 175 g/mol. The third-order valence-corrected chi connectivity index (χ3v) is 1.93. The van der Waals surface area contributed by atoms with Crippen molar-refractivity contribution in [1.29, 1.82) is 5.26 Å². The lowest BCUT2D eigenvalue weighted by Gasteiger charge is -2.12. The second-order valence-electron chi connectivity index (χ2n) is 3.20. The maximum Gasteiger partial charge on any atom is 0.128 e. The smallest absolute Gasteiger partial charge is 0.128 e. The third-order valence-electron chi connectivity index (χ3n) is 1.93. The van der Waals surface area contributed by atoms with E-state index in [9.17, 15) is 0 Å². The minimum Gasteiger partial charge on any atom is -0.363 e. The molecular formula is C10H13N3. The van der Waals surface area contributed by atoms with Crippen LogP contribution in [-0.4, -0.2) is 19.1 Å². The van der Waals surface area contributed by atoms with Crippen LogP contribution in [0, 0.1) is 18.3 Å². The van der Waals surface area contributed by atoms with Crippen molar-refractivity contribution in [2.45, 2.75) is 13.3 Å². The van der Waals surface area contributed by atoms with Gasteiger partial charge in [0.1, 0.15) is 5.82 Å². The Bertz CT molecular complexity index is 337. The number of nitrogens with zero attached hydrogens (tertiary/aromatic N) is 3. The topological polar surface area (TPSA) is 39.9 Å². The predicted octanol–water partition coefficient (Wildman–Crippen LogP) is 1.52. The van der Waals surface area contributed by atoms with Gasteiger partial charge in [-0.25, -0.2) is 4.98 Å². The first-order valence-electron chi connectivity index (χ1n) is 4.15. The van der Waals surface area contributed by atoms with Crippen molar-refractivity contribution in [2.75, 3.05) is 19.0 Å². The molecule has 0 radical (unpaired) electrons. The highest BCUT2D eigenvalue weighted by Crippen LogP contribution is 2.13.